The molecule has 1 atom stereocenters. The molecule has 0 bridgehead atoms. The molecule has 7 heteroatoms. The maximum atomic E-state index is 13.3. The number of amides is 1. The van der Waals surface area contributed by atoms with E-state index >= 15 is 0 Å². The molecule has 6 nitrogen and oxygen atoms in total. The second kappa shape index (κ2) is 7.58. The quantitative estimate of drug-likeness (QED) is 0.695. The molecule has 1 amide bonds. The van der Waals surface area contributed by atoms with Crippen LogP contribution in [-0.4, -0.2) is 33.9 Å². The van der Waals surface area contributed by atoms with Gasteiger partial charge in [-0.1, -0.05) is 17.3 Å². The molecule has 0 radical (unpaired) electrons. The van der Waals surface area contributed by atoms with Crippen LogP contribution in [0.2, 0.25) is 0 Å². The number of carbonyl (C=O) groups is 1. The fourth-order valence-corrected chi connectivity index (χ4v) is 3.72. The number of phenolic OH excluding ortho intramolecular Hbond substituents is 1. The van der Waals surface area contributed by atoms with Crippen molar-refractivity contribution in [2.45, 2.75) is 25.9 Å². The number of oxime groups is 1. The normalized spacial score (nSPS) is 16.0. The molecule has 0 spiro atoms. The summed E-state index contributed by atoms with van der Waals surface area (Å²) >= 11 is 0. The molecule has 2 heterocycles. The van der Waals surface area contributed by atoms with E-state index in [4.69, 9.17) is 4.84 Å². The van der Waals surface area contributed by atoms with Crippen molar-refractivity contribution in [2.75, 3.05) is 6.54 Å². The summed E-state index contributed by atoms with van der Waals surface area (Å²) in [6.45, 7) is 2.18. The molecule has 29 heavy (non-hydrogen) atoms. The van der Waals surface area contributed by atoms with Crippen LogP contribution in [-0.2, 0) is 18.3 Å². The Bertz CT molecular complexity index is 1120. The van der Waals surface area contributed by atoms with Crippen LogP contribution >= 0.6 is 0 Å². The van der Waals surface area contributed by atoms with E-state index < -0.39 is 0 Å². The highest BCUT2D eigenvalue weighted by Crippen LogP contribution is 2.28. The van der Waals surface area contributed by atoms with E-state index in [1.54, 1.807) is 24.3 Å². The van der Waals surface area contributed by atoms with Gasteiger partial charge in [-0.05, 0) is 42.8 Å². The first-order valence-corrected chi connectivity index (χ1v) is 9.44. The van der Waals surface area contributed by atoms with Crippen LogP contribution in [0.15, 0.2) is 47.6 Å². The summed E-state index contributed by atoms with van der Waals surface area (Å²) in [6.07, 6.45) is 0.835. The Labute approximate surface area is 167 Å². The third kappa shape index (κ3) is 3.81. The van der Waals surface area contributed by atoms with E-state index in [2.05, 4.69) is 10.5 Å². The molecule has 1 aliphatic heterocycles. The number of rotatable bonds is 5. The van der Waals surface area contributed by atoms with Crippen molar-refractivity contribution in [1.82, 2.24) is 9.88 Å². The smallest absolute Gasteiger partial charge is 0.253 e. The Hall–Kier alpha value is -3.35. The van der Waals surface area contributed by atoms with E-state index in [9.17, 15) is 14.3 Å². The average Bonchev–Trinajstić information content (AvgIpc) is 3.22. The highest BCUT2D eigenvalue weighted by atomic mass is 19.1. The number of aryl methyl sites for hydroxylation is 1. The number of fused-ring (bicyclic) bond motifs is 1. The third-order valence-corrected chi connectivity index (χ3v) is 5.28. The fraction of sp³-hybridized carbons (Fsp3) is 0.273. The van der Waals surface area contributed by atoms with Gasteiger partial charge in [0.15, 0.2) is 0 Å². The predicted octanol–water partition coefficient (Wildman–Crippen LogP) is 3.45. The van der Waals surface area contributed by atoms with Gasteiger partial charge in [0.05, 0.1) is 17.8 Å². The van der Waals surface area contributed by atoms with E-state index in [1.165, 1.54) is 12.1 Å². The first-order chi connectivity index (χ1) is 13.9. The lowest BCUT2D eigenvalue weighted by atomic mass is 10.0. The largest absolute Gasteiger partial charge is 0.508 e. The van der Waals surface area contributed by atoms with Gasteiger partial charge in [-0.15, -0.1) is 0 Å². The number of benzene rings is 2. The topological polar surface area (TPSA) is 75.8 Å². The summed E-state index contributed by atoms with van der Waals surface area (Å²) in [4.78, 5) is 18.3. The molecule has 0 fully saturated rings. The zero-order valence-electron chi connectivity index (χ0n) is 16.3. The molecule has 150 valence electrons. The van der Waals surface area contributed by atoms with Gasteiger partial charge in [0.25, 0.3) is 5.91 Å². The molecule has 0 unspecified atom stereocenters. The number of nitrogens with one attached hydrogen (secondary N) is 1. The first-order valence-electron chi connectivity index (χ1n) is 9.44. The van der Waals surface area contributed by atoms with Gasteiger partial charge in [0.2, 0.25) is 0 Å². The van der Waals surface area contributed by atoms with Gasteiger partial charge >= 0.3 is 0 Å². The minimum absolute atomic E-state index is 0.117. The maximum Gasteiger partial charge on any atom is 0.253 e. The zero-order chi connectivity index (χ0) is 20.5. The Morgan fingerprint density at radius 2 is 2.17 bits per heavy atom. The number of aromatic hydroxyl groups is 1. The molecule has 2 N–H and O–H groups in total. The second-order valence-electron chi connectivity index (χ2n) is 7.33. The Balaban J connectivity index is 1.39. The van der Waals surface area contributed by atoms with E-state index in [1.807, 2.05) is 24.6 Å². The lowest BCUT2D eigenvalue weighted by molar-refractivity contribution is 0.0754. The molecule has 4 rings (SSSR count). The molecule has 0 saturated carbocycles. The number of phenols is 1. The van der Waals surface area contributed by atoms with Gasteiger partial charge in [0.1, 0.15) is 17.7 Å². The Morgan fingerprint density at radius 1 is 1.34 bits per heavy atom. The second-order valence-corrected chi connectivity index (χ2v) is 7.33. The number of hydrogen-bond acceptors (Lipinski definition) is 4. The van der Waals surface area contributed by atoms with Crippen molar-refractivity contribution in [2.24, 2.45) is 12.2 Å². The van der Waals surface area contributed by atoms with Crippen LogP contribution in [0.4, 0.5) is 4.39 Å². The van der Waals surface area contributed by atoms with Crippen molar-refractivity contribution < 1.29 is 19.1 Å². The van der Waals surface area contributed by atoms with Crippen molar-refractivity contribution in [3.63, 3.8) is 0 Å². The summed E-state index contributed by atoms with van der Waals surface area (Å²) in [6, 6.07) is 11.4. The minimum atomic E-state index is -0.276. The van der Waals surface area contributed by atoms with Crippen LogP contribution in [0, 0.1) is 12.7 Å². The number of hydrogen-bond donors (Lipinski definition) is 2. The van der Waals surface area contributed by atoms with E-state index in [-0.39, 0.29) is 23.6 Å². The standard InChI is InChI=1S/C22H22FN3O3/c1-13-21(19-11-17(27)6-7-20(19)26(13)2)22(28)24-12-18-10-16(25-29-18)9-14-4-3-5-15(23)8-14/h3-8,11,18,27H,9-10,12H2,1-2H3,(H,24,28)/t18-/m1/s1. The highest BCUT2D eigenvalue weighted by molar-refractivity contribution is 6.08. The third-order valence-electron chi connectivity index (χ3n) is 5.28. The van der Waals surface area contributed by atoms with Crippen molar-refractivity contribution in [1.29, 1.82) is 0 Å². The molecule has 1 aromatic heterocycles. The summed E-state index contributed by atoms with van der Waals surface area (Å²) in [5, 5.41) is 17.5. The van der Waals surface area contributed by atoms with E-state index in [0.29, 0.717) is 30.3 Å². The fourth-order valence-electron chi connectivity index (χ4n) is 3.72. The summed E-state index contributed by atoms with van der Waals surface area (Å²) in [7, 11) is 1.89. The Kier molecular flexibility index (Phi) is 4.96. The SMILES string of the molecule is Cc1c(C(=O)NC[C@H]2CC(Cc3cccc(F)c3)=NO2)c2cc(O)ccc2n1C. The number of nitrogens with zero attached hydrogens (tertiary/aromatic N) is 2. The lowest BCUT2D eigenvalue weighted by Gasteiger charge is -2.10. The predicted molar refractivity (Wildman–Crippen MR) is 109 cm³/mol. The van der Waals surface area contributed by atoms with Gasteiger partial charge in [-0.2, -0.15) is 0 Å². The summed E-state index contributed by atoms with van der Waals surface area (Å²) in [5.41, 5.74) is 3.89. The van der Waals surface area contributed by atoms with E-state index in [0.717, 1.165) is 22.5 Å². The van der Waals surface area contributed by atoms with Crippen LogP contribution in [0.3, 0.4) is 0 Å². The minimum Gasteiger partial charge on any atom is -0.508 e. The summed E-state index contributed by atoms with van der Waals surface area (Å²) in [5.74, 6) is -0.380. The van der Waals surface area contributed by atoms with Crippen LogP contribution in [0.25, 0.3) is 10.9 Å². The van der Waals surface area contributed by atoms with Crippen molar-refractivity contribution >= 4 is 22.5 Å². The van der Waals surface area contributed by atoms with Gasteiger partial charge < -0.3 is 19.8 Å². The molecular weight excluding hydrogens is 373 g/mol. The highest BCUT2D eigenvalue weighted by Gasteiger charge is 2.24. The lowest BCUT2D eigenvalue weighted by Crippen LogP contribution is -2.32. The zero-order valence-corrected chi connectivity index (χ0v) is 16.3. The van der Waals surface area contributed by atoms with Crippen LogP contribution in [0.5, 0.6) is 5.75 Å². The van der Waals surface area contributed by atoms with Gasteiger partial charge in [-0.25, -0.2) is 4.39 Å². The van der Waals surface area contributed by atoms with Crippen molar-refractivity contribution in [3.05, 3.63) is 65.1 Å². The molecular formula is C22H22FN3O3. The average molecular weight is 395 g/mol. The number of aromatic nitrogens is 1. The van der Waals surface area contributed by atoms with Crippen molar-refractivity contribution in [3.8, 4) is 5.75 Å². The maximum absolute atomic E-state index is 13.3. The first kappa shape index (κ1) is 19.0. The van der Waals surface area contributed by atoms with Gasteiger partial charge in [-0.3, -0.25) is 4.79 Å². The molecule has 0 saturated heterocycles. The number of carbonyl (C=O) groups excluding carboxylic acids is 1. The van der Waals surface area contributed by atoms with Crippen LogP contribution < -0.4 is 5.32 Å². The Morgan fingerprint density at radius 3 is 2.97 bits per heavy atom. The van der Waals surface area contributed by atoms with Crippen LogP contribution in [0.1, 0.15) is 28.0 Å². The number of halogens is 1. The molecule has 3 aromatic rings. The monoisotopic (exact) mass is 395 g/mol. The molecule has 2 aromatic carbocycles. The summed E-state index contributed by atoms with van der Waals surface area (Å²) < 4.78 is 15.2. The molecule has 0 aliphatic carbocycles. The molecule has 1 aliphatic rings. The van der Waals surface area contributed by atoms with Gasteiger partial charge in [0, 0.05) is 36.5 Å².